The topological polar surface area (TPSA) is 161 Å². The lowest BCUT2D eigenvalue weighted by Crippen LogP contribution is -2.32. The van der Waals surface area contributed by atoms with Gasteiger partial charge in [-0.25, -0.2) is 4.79 Å². The van der Waals surface area contributed by atoms with Crippen LogP contribution in [0.3, 0.4) is 0 Å². The molecule has 0 saturated heterocycles. The van der Waals surface area contributed by atoms with Crippen molar-refractivity contribution in [2.24, 2.45) is 0 Å². The maximum atomic E-state index is 12.7. The highest BCUT2D eigenvalue weighted by molar-refractivity contribution is 6.30. The SMILES string of the molecule is O=C(O)CC(Nc1cc2c(c(O)c1O)C(=O)c1ccccc1C2=O)C(=O)O. The molecule has 0 fully saturated rings. The normalized spacial score (nSPS) is 13.5. The average molecular weight is 371 g/mol. The number of rotatable bonds is 5. The number of phenolic OH excluding ortho intramolecular Hbond substituents is 2. The predicted octanol–water partition coefficient (Wildman–Crippen LogP) is 1.21. The molecule has 0 spiro atoms. The molecule has 0 aromatic heterocycles. The zero-order valence-electron chi connectivity index (χ0n) is 13.6. The monoisotopic (exact) mass is 371 g/mol. The first-order valence-electron chi connectivity index (χ1n) is 7.70. The molecule has 9 nitrogen and oxygen atoms in total. The highest BCUT2D eigenvalue weighted by Gasteiger charge is 2.35. The second kappa shape index (κ2) is 6.45. The summed E-state index contributed by atoms with van der Waals surface area (Å²) in [6, 6.07) is 5.34. The summed E-state index contributed by atoms with van der Waals surface area (Å²) in [4.78, 5) is 47.3. The Kier molecular flexibility index (Phi) is 4.28. The van der Waals surface area contributed by atoms with Crippen LogP contribution in [0, 0.1) is 0 Å². The van der Waals surface area contributed by atoms with Crippen LogP contribution in [0.2, 0.25) is 0 Å². The van der Waals surface area contributed by atoms with Crippen molar-refractivity contribution in [3.8, 4) is 11.5 Å². The van der Waals surface area contributed by atoms with E-state index in [1.54, 1.807) is 12.1 Å². The molecule has 1 aliphatic rings. The summed E-state index contributed by atoms with van der Waals surface area (Å²) < 4.78 is 0. The Labute approximate surface area is 151 Å². The Balaban J connectivity index is 2.12. The van der Waals surface area contributed by atoms with Gasteiger partial charge in [0.2, 0.25) is 0 Å². The summed E-state index contributed by atoms with van der Waals surface area (Å²) in [7, 11) is 0. The molecular formula is C18H13NO8. The van der Waals surface area contributed by atoms with Crippen LogP contribution >= 0.6 is 0 Å². The van der Waals surface area contributed by atoms with E-state index in [9.17, 15) is 29.4 Å². The quantitative estimate of drug-likeness (QED) is 0.415. The van der Waals surface area contributed by atoms with E-state index in [0.717, 1.165) is 6.07 Å². The minimum absolute atomic E-state index is 0.0692. The molecule has 0 heterocycles. The third-order valence-electron chi connectivity index (χ3n) is 4.17. The Hall–Kier alpha value is -3.88. The molecule has 5 N–H and O–H groups in total. The van der Waals surface area contributed by atoms with Gasteiger partial charge in [0.15, 0.2) is 23.1 Å². The van der Waals surface area contributed by atoms with Crippen LogP contribution < -0.4 is 5.32 Å². The number of anilines is 1. The van der Waals surface area contributed by atoms with E-state index in [-0.39, 0.29) is 22.4 Å². The van der Waals surface area contributed by atoms with Crippen molar-refractivity contribution in [3.05, 3.63) is 52.6 Å². The molecule has 138 valence electrons. The van der Waals surface area contributed by atoms with E-state index in [4.69, 9.17) is 10.2 Å². The van der Waals surface area contributed by atoms with Gasteiger partial charge in [-0.3, -0.25) is 14.4 Å². The summed E-state index contributed by atoms with van der Waals surface area (Å²) in [5.74, 6) is -5.92. The number of fused-ring (bicyclic) bond motifs is 2. The summed E-state index contributed by atoms with van der Waals surface area (Å²) in [6.07, 6.45) is -0.817. The number of ketones is 2. The lowest BCUT2D eigenvalue weighted by molar-refractivity contribution is -0.144. The highest BCUT2D eigenvalue weighted by atomic mass is 16.4. The number of carboxylic acids is 2. The Morgan fingerprint density at radius 2 is 1.52 bits per heavy atom. The molecule has 1 aliphatic carbocycles. The Morgan fingerprint density at radius 1 is 0.926 bits per heavy atom. The van der Waals surface area contributed by atoms with Crippen LogP contribution in [-0.4, -0.2) is 50.0 Å². The summed E-state index contributed by atoms with van der Waals surface area (Å²) in [6.45, 7) is 0. The van der Waals surface area contributed by atoms with E-state index >= 15 is 0 Å². The van der Waals surface area contributed by atoms with Gasteiger partial charge < -0.3 is 25.7 Å². The molecule has 0 amide bonds. The van der Waals surface area contributed by atoms with Gasteiger partial charge in [0, 0.05) is 16.7 Å². The van der Waals surface area contributed by atoms with Crippen LogP contribution in [0.1, 0.15) is 38.3 Å². The van der Waals surface area contributed by atoms with Gasteiger partial charge in [-0.2, -0.15) is 0 Å². The van der Waals surface area contributed by atoms with Crippen LogP contribution in [0.15, 0.2) is 30.3 Å². The van der Waals surface area contributed by atoms with Crippen molar-refractivity contribution in [3.63, 3.8) is 0 Å². The van der Waals surface area contributed by atoms with Crippen molar-refractivity contribution in [1.29, 1.82) is 0 Å². The average Bonchev–Trinajstić information content (AvgIpc) is 2.62. The molecular weight excluding hydrogens is 358 g/mol. The maximum Gasteiger partial charge on any atom is 0.326 e. The number of hydrogen-bond donors (Lipinski definition) is 5. The molecule has 2 aromatic carbocycles. The number of carbonyl (C=O) groups excluding carboxylic acids is 2. The number of aliphatic carboxylic acids is 2. The van der Waals surface area contributed by atoms with Gasteiger partial charge in [-0.15, -0.1) is 0 Å². The van der Waals surface area contributed by atoms with Gasteiger partial charge in [0.1, 0.15) is 6.04 Å². The number of hydrogen-bond acceptors (Lipinski definition) is 7. The first-order valence-corrected chi connectivity index (χ1v) is 7.70. The number of carboxylic acid groups (broad SMARTS) is 2. The Morgan fingerprint density at radius 3 is 2.07 bits per heavy atom. The van der Waals surface area contributed by atoms with Crippen molar-refractivity contribution in [1.82, 2.24) is 0 Å². The molecule has 0 saturated carbocycles. The zero-order valence-corrected chi connectivity index (χ0v) is 13.6. The maximum absolute atomic E-state index is 12.7. The molecule has 3 rings (SSSR count). The minimum Gasteiger partial charge on any atom is -0.504 e. The van der Waals surface area contributed by atoms with Crippen LogP contribution in [0.25, 0.3) is 0 Å². The molecule has 0 aliphatic heterocycles. The van der Waals surface area contributed by atoms with E-state index in [0.29, 0.717) is 0 Å². The fraction of sp³-hybridized carbons (Fsp3) is 0.111. The van der Waals surface area contributed by atoms with E-state index in [1.165, 1.54) is 12.1 Å². The van der Waals surface area contributed by atoms with Gasteiger partial charge in [-0.05, 0) is 6.07 Å². The van der Waals surface area contributed by atoms with Gasteiger partial charge in [0.05, 0.1) is 17.7 Å². The molecule has 0 bridgehead atoms. The smallest absolute Gasteiger partial charge is 0.326 e. The third kappa shape index (κ3) is 2.95. The van der Waals surface area contributed by atoms with Crippen LogP contribution in [0.4, 0.5) is 5.69 Å². The molecule has 0 radical (unpaired) electrons. The molecule has 27 heavy (non-hydrogen) atoms. The van der Waals surface area contributed by atoms with Crippen molar-refractivity contribution >= 4 is 29.2 Å². The summed E-state index contributed by atoms with van der Waals surface area (Å²) >= 11 is 0. The minimum atomic E-state index is -1.63. The standard InChI is InChI=1S/C18H13NO8/c20-12(21)6-11(18(26)27)19-10-5-9-13(17(25)16(10)24)15(23)8-4-2-1-3-7(8)14(9)22/h1-5,11,19,24-25H,6H2,(H,20,21)(H,26,27). The summed E-state index contributed by atoms with van der Waals surface area (Å²) in [5, 5.41) is 40.6. The van der Waals surface area contributed by atoms with Gasteiger partial charge >= 0.3 is 11.9 Å². The third-order valence-corrected chi connectivity index (χ3v) is 4.17. The second-order valence-corrected chi connectivity index (χ2v) is 5.88. The van der Waals surface area contributed by atoms with Crippen molar-refractivity contribution in [2.75, 3.05) is 5.32 Å². The number of nitrogens with one attached hydrogen (secondary N) is 1. The van der Waals surface area contributed by atoms with Gasteiger partial charge in [0.25, 0.3) is 0 Å². The Bertz CT molecular complexity index is 1010. The molecule has 1 unspecified atom stereocenters. The fourth-order valence-corrected chi connectivity index (χ4v) is 2.90. The van der Waals surface area contributed by atoms with Crippen molar-refractivity contribution < 1.29 is 39.6 Å². The number of carbonyl (C=O) groups is 4. The van der Waals surface area contributed by atoms with Crippen LogP contribution in [0.5, 0.6) is 11.5 Å². The van der Waals surface area contributed by atoms with Crippen molar-refractivity contribution in [2.45, 2.75) is 12.5 Å². The van der Waals surface area contributed by atoms with Gasteiger partial charge in [-0.1, -0.05) is 24.3 Å². The second-order valence-electron chi connectivity index (χ2n) is 5.88. The van der Waals surface area contributed by atoms with E-state index in [2.05, 4.69) is 5.32 Å². The fourth-order valence-electron chi connectivity index (χ4n) is 2.90. The first-order chi connectivity index (χ1) is 12.7. The predicted molar refractivity (Wildman–Crippen MR) is 90.4 cm³/mol. The lowest BCUT2D eigenvalue weighted by atomic mass is 9.83. The molecule has 2 aromatic rings. The number of aromatic hydroxyl groups is 2. The molecule has 9 heteroatoms. The lowest BCUT2D eigenvalue weighted by Gasteiger charge is -2.22. The molecule has 1 atom stereocenters. The zero-order chi connectivity index (χ0) is 19.9. The highest BCUT2D eigenvalue weighted by Crippen LogP contribution is 2.43. The number of phenols is 2. The number of benzene rings is 2. The van der Waals surface area contributed by atoms with E-state index in [1.807, 2.05) is 0 Å². The summed E-state index contributed by atoms with van der Waals surface area (Å²) in [5.41, 5.74) is -0.825. The van der Waals surface area contributed by atoms with E-state index < -0.39 is 53.0 Å². The van der Waals surface area contributed by atoms with Crippen LogP contribution in [-0.2, 0) is 9.59 Å². The first kappa shape index (κ1) is 17.9. The largest absolute Gasteiger partial charge is 0.504 e.